The molecular formula is C13H11N3. The van der Waals surface area contributed by atoms with Crippen LogP contribution < -0.4 is 5.32 Å². The number of aromatic nitrogens is 2. The van der Waals surface area contributed by atoms with Crippen molar-refractivity contribution in [3.8, 4) is 0 Å². The summed E-state index contributed by atoms with van der Waals surface area (Å²) in [5, 5.41) is 4.42. The fourth-order valence-electron chi connectivity index (χ4n) is 1.69. The monoisotopic (exact) mass is 209 g/mol. The zero-order valence-corrected chi connectivity index (χ0v) is 8.64. The summed E-state index contributed by atoms with van der Waals surface area (Å²) < 4.78 is 0. The minimum absolute atomic E-state index is 0.860. The lowest BCUT2D eigenvalue weighted by molar-refractivity contribution is 1.32. The highest BCUT2D eigenvalue weighted by atomic mass is 15.0. The summed E-state index contributed by atoms with van der Waals surface area (Å²) in [4.78, 5) is 7.45. The van der Waals surface area contributed by atoms with Crippen molar-refractivity contribution < 1.29 is 0 Å². The Balaban J connectivity index is 1.94. The Morgan fingerprint density at radius 2 is 1.94 bits per heavy atom. The van der Waals surface area contributed by atoms with Gasteiger partial charge in [0, 0.05) is 17.3 Å². The second-order valence-electron chi connectivity index (χ2n) is 3.63. The highest BCUT2D eigenvalue weighted by Gasteiger charge is 1.98. The molecule has 0 saturated carbocycles. The van der Waals surface area contributed by atoms with Crippen molar-refractivity contribution in [1.29, 1.82) is 0 Å². The molecule has 0 fully saturated rings. The van der Waals surface area contributed by atoms with Gasteiger partial charge in [-0.15, -0.1) is 0 Å². The van der Waals surface area contributed by atoms with Crippen LogP contribution in [0.2, 0.25) is 0 Å². The topological polar surface area (TPSA) is 40.7 Å². The number of nitrogens with one attached hydrogen (secondary N) is 2. The van der Waals surface area contributed by atoms with Gasteiger partial charge in [0.1, 0.15) is 5.82 Å². The fraction of sp³-hybridized carbons (Fsp3) is 0. The largest absolute Gasteiger partial charge is 0.360 e. The van der Waals surface area contributed by atoms with E-state index in [0.717, 1.165) is 22.4 Å². The predicted octanol–water partition coefficient (Wildman–Crippen LogP) is 3.31. The van der Waals surface area contributed by atoms with E-state index in [4.69, 9.17) is 0 Å². The zero-order chi connectivity index (χ0) is 10.8. The standard InChI is InChI=1S/C13H11N3/c1-2-4-11(5-3-1)16-13-8-10-6-7-14-12(10)9-15-13/h1-9,14H,(H,15,16). The van der Waals surface area contributed by atoms with Gasteiger partial charge >= 0.3 is 0 Å². The Hall–Kier alpha value is -2.29. The van der Waals surface area contributed by atoms with Gasteiger partial charge < -0.3 is 10.3 Å². The molecule has 0 amide bonds. The summed E-state index contributed by atoms with van der Waals surface area (Å²) >= 11 is 0. The van der Waals surface area contributed by atoms with Crippen LogP contribution in [0.25, 0.3) is 10.9 Å². The van der Waals surface area contributed by atoms with Gasteiger partial charge in [0.25, 0.3) is 0 Å². The molecule has 0 spiro atoms. The zero-order valence-electron chi connectivity index (χ0n) is 8.64. The molecule has 1 aromatic carbocycles. The SMILES string of the molecule is c1ccc(Nc2cc3cc[nH]c3cn2)cc1. The van der Waals surface area contributed by atoms with Crippen LogP contribution in [0.1, 0.15) is 0 Å². The lowest BCUT2D eigenvalue weighted by Crippen LogP contribution is -1.92. The van der Waals surface area contributed by atoms with Crippen molar-refractivity contribution in [3.63, 3.8) is 0 Å². The minimum atomic E-state index is 0.860. The first-order valence-corrected chi connectivity index (χ1v) is 5.17. The van der Waals surface area contributed by atoms with E-state index in [0.29, 0.717) is 0 Å². The Labute approximate surface area is 93.1 Å². The average molecular weight is 209 g/mol. The molecule has 0 aliphatic heterocycles. The van der Waals surface area contributed by atoms with E-state index in [-0.39, 0.29) is 0 Å². The molecule has 3 heteroatoms. The van der Waals surface area contributed by atoms with E-state index in [9.17, 15) is 0 Å². The number of fused-ring (bicyclic) bond motifs is 1. The fourth-order valence-corrected chi connectivity index (χ4v) is 1.69. The predicted molar refractivity (Wildman–Crippen MR) is 65.8 cm³/mol. The number of benzene rings is 1. The molecule has 3 rings (SSSR count). The third kappa shape index (κ3) is 1.63. The normalized spacial score (nSPS) is 10.5. The number of pyridine rings is 1. The van der Waals surface area contributed by atoms with Crippen molar-refractivity contribution in [1.82, 2.24) is 9.97 Å². The number of hydrogen-bond acceptors (Lipinski definition) is 2. The van der Waals surface area contributed by atoms with Crippen LogP contribution in [0.5, 0.6) is 0 Å². The van der Waals surface area contributed by atoms with E-state index in [1.165, 1.54) is 0 Å². The minimum Gasteiger partial charge on any atom is -0.360 e. The van der Waals surface area contributed by atoms with Gasteiger partial charge in [0.05, 0.1) is 11.7 Å². The molecule has 3 nitrogen and oxygen atoms in total. The second kappa shape index (κ2) is 3.70. The molecule has 0 aliphatic carbocycles. The maximum Gasteiger partial charge on any atom is 0.131 e. The molecular weight excluding hydrogens is 198 g/mol. The van der Waals surface area contributed by atoms with Crippen LogP contribution in [-0.2, 0) is 0 Å². The van der Waals surface area contributed by atoms with Gasteiger partial charge in [0.2, 0.25) is 0 Å². The molecule has 0 saturated heterocycles. The average Bonchev–Trinajstić information content (AvgIpc) is 2.77. The van der Waals surface area contributed by atoms with E-state index in [2.05, 4.69) is 15.3 Å². The van der Waals surface area contributed by atoms with Crippen LogP contribution in [0.3, 0.4) is 0 Å². The van der Waals surface area contributed by atoms with E-state index in [1.807, 2.05) is 54.9 Å². The molecule has 2 aromatic heterocycles. The van der Waals surface area contributed by atoms with Gasteiger partial charge in [-0.3, -0.25) is 0 Å². The molecule has 0 atom stereocenters. The van der Waals surface area contributed by atoms with Crippen LogP contribution in [-0.4, -0.2) is 9.97 Å². The lowest BCUT2D eigenvalue weighted by Gasteiger charge is -2.04. The number of para-hydroxylation sites is 1. The number of aromatic amines is 1. The first-order valence-electron chi connectivity index (χ1n) is 5.17. The van der Waals surface area contributed by atoms with Gasteiger partial charge in [-0.05, 0) is 24.3 Å². The first kappa shape index (κ1) is 8.97. The molecule has 0 radical (unpaired) electrons. The Kier molecular flexibility index (Phi) is 2.07. The molecule has 3 aromatic rings. The highest BCUT2D eigenvalue weighted by molar-refractivity contribution is 5.81. The van der Waals surface area contributed by atoms with Gasteiger partial charge in [-0.1, -0.05) is 18.2 Å². The molecule has 2 heterocycles. The van der Waals surface area contributed by atoms with E-state index >= 15 is 0 Å². The first-order chi connectivity index (χ1) is 7.92. The molecule has 0 unspecified atom stereocenters. The summed E-state index contributed by atoms with van der Waals surface area (Å²) in [5.74, 6) is 0.860. The molecule has 0 aliphatic rings. The van der Waals surface area contributed by atoms with Crippen molar-refractivity contribution in [2.45, 2.75) is 0 Å². The number of anilines is 2. The number of rotatable bonds is 2. The maximum absolute atomic E-state index is 4.33. The van der Waals surface area contributed by atoms with Crippen molar-refractivity contribution in [3.05, 3.63) is 54.9 Å². The van der Waals surface area contributed by atoms with Crippen molar-refractivity contribution in [2.24, 2.45) is 0 Å². The summed E-state index contributed by atoms with van der Waals surface area (Å²) in [6, 6.07) is 14.1. The lowest BCUT2D eigenvalue weighted by atomic mass is 10.3. The van der Waals surface area contributed by atoms with Crippen molar-refractivity contribution >= 4 is 22.4 Å². The Morgan fingerprint density at radius 3 is 2.81 bits per heavy atom. The second-order valence-corrected chi connectivity index (χ2v) is 3.63. The summed E-state index contributed by atoms with van der Waals surface area (Å²) in [7, 11) is 0. The molecule has 16 heavy (non-hydrogen) atoms. The summed E-state index contributed by atoms with van der Waals surface area (Å²) in [6.45, 7) is 0. The third-order valence-corrected chi connectivity index (χ3v) is 2.48. The van der Waals surface area contributed by atoms with Gasteiger partial charge in [-0.25, -0.2) is 4.98 Å². The maximum atomic E-state index is 4.33. The quantitative estimate of drug-likeness (QED) is 0.679. The smallest absolute Gasteiger partial charge is 0.131 e. The Morgan fingerprint density at radius 1 is 1.06 bits per heavy atom. The van der Waals surface area contributed by atoms with Crippen LogP contribution in [0.15, 0.2) is 54.9 Å². The third-order valence-electron chi connectivity index (χ3n) is 2.48. The highest BCUT2D eigenvalue weighted by Crippen LogP contribution is 2.18. The van der Waals surface area contributed by atoms with Gasteiger partial charge in [-0.2, -0.15) is 0 Å². The van der Waals surface area contributed by atoms with Crippen molar-refractivity contribution in [2.75, 3.05) is 5.32 Å². The van der Waals surface area contributed by atoms with Gasteiger partial charge in [0.15, 0.2) is 0 Å². The summed E-state index contributed by atoms with van der Waals surface area (Å²) in [6.07, 6.45) is 3.75. The van der Waals surface area contributed by atoms with Crippen LogP contribution >= 0.6 is 0 Å². The molecule has 78 valence electrons. The number of nitrogens with zero attached hydrogens (tertiary/aromatic N) is 1. The Bertz CT molecular complexity index is 599. The van der Waals surface area contributed by atoms with E-state index < -0.39 is 0 Å². The number of H-pyrrole nitrogens is 1. The van der Waals surface area contributed by atoms with Crippen LogP contribution in [0, 0.1) is 0 Å². The molecule has 0 bridgehead atoms. The molecule has 2 N–H and O–H groups in total. The summed E-state index contributed by atoms with van der Waals surface area (Å²) in [5.41, 5.74) is 2.10. The number of hydrogen-bond donors (Lipinski definition) is 2. The van der Waals surface area contributed by atoms with Crippen LogP contribution in [0.4, 0.5) is 11.5 Å². The van der Waals surface area contributed by atoms with E-state index in [1.54, 1.807) is 0 Å².